The van der Waals surface area contributed by atoms with E-state index >= 15 is 0 Å². The van der Waals surface area contributed by atoms with Gasteiger partial charge in [0.1, 0.15) is 6.10 Å². The second kappa shape index (κ2) is 6.09. The van der Waals surface area contributed by atoms with Crippen LogP contribution in [0.4, 0.5) is 0 Å². The van der Waals surface area contributed by atoms with Gasteiger partial charge < -0.3 is 4.74 Å². The molecule has 0 aromatic heterocycles. The van der Waals surface area contributed by atoms with E-state index in [9.17, 15) is 4.79 Å². The molecule has 28 heavy (non-hydrogen) atoms. The largest absolute Gasteiger partial charge is 0.461 e. The van der Waals surface area contributed by atoms with Crippen molar-refractivity contribution in [3.05, 3.63) is 11.6 Å². The van der Waals surface area contributed by atoms with Gasteiger partial charge in [-0.2, -0.15) is 0 Å². The van der Waals surface area contributed by atoms with Crippen molar-refractivity contribution in [2.24, 2.45) is 34.0 Å². The van der Waals surface area contributed by atoms with Crippen LogP contribution in [-0.4, -0.2) is 36.1 Å². The molecule has 2 aliphatic heterocycles. The van der Waals surface area contributed by atoms with Gasteiger partial charge in [0.05, 0.1) is 5.92 Å². The maximum atomic E-state index is 12.9. The lowest BCUT2D eigenvalue weighted by atomic mass is 9.59. The Bertz CT molecular complexity index is 711. The van der Waals surface area contributed by atoms with E-state index < -0.39 is 0 Å². The lowest BCUT2D eigenvalue weighted by molar-refractivity contribution is -0.145. The molecule has 0 amide bonds. The summed E-state index contributed by atoms with van der Waals surface area (Å²) in [4.78, 5) is 15.6. The summed E-state index contributed by atoms with van der Waals surface area (Å²) in [6.07, 6.45) is 11.5. The zero-order valence-corrected chi connectivity index (χ0v) is 18.6. The van der Waals surface area contributed by atoms with Crippen molar-refractivity contribution >= 4 is 5.97 Å². The van der Waals surface area contributed by atoms with Crippen LogP contribution in [0.25, 0.3) is 0 Å². The van der Waals surface area contributed by atoms with Gasteiger partial charge in [-0.3, -0.25) is 9.69 Å². The quantitative estimate of drug-likeness (QED) is 0.483. The fourth-order valence-electron chi connectivity index (χ4n) is 8.30. The molecule has 3 aliphatic carbocycles. The number of likely N-dealkylation sites (tertiary alicyclic amines) is 1. The van der Waals surface area contributed by atoms with Gasteiger partial charge in [0.15, 0.2) is 0 Å². The number of carbonyl (C=O) groups excluding carboxylic acids is 1. The highest BCUT2D eigenvalue weighted by atomic mass is 16.6. The maximum absolute atomic E-state index is 12.9. The Morgan fingerprint density at radius 2 is 1.96 bits per heavy atom. The van der Waals surface area contributed by atoms with Gasteiger partial charge in [-0.1, -0.05) is 52.7 Å². The SMILES string of the molecule is C[C@@H]1CCC[C@]2(C)C[C@H]3OC(=O)[C@@H](CN4C[C@]5(C)C[C@H]4CC(C)(C)C5)[C@H]3C=C12. The zero-order chi connectivity index (χ0) is 19.9. The van der Waals surface area contributed by atoms with Crippen LogP contribution < -0.4 is 0 Å². The third-order valence-corrected chi connectivity index (χ3v) is 9.04. The average molecular weight is 386 g/mol. The van der Waals surface area contributed by atoms with Crippen molar-refractivity contribution in [1.82, 2.24) is 4.90 Å². The summed E-state index contributed by atoms with van der Waals surface area (Å²) < 4.78 is 6.00. The van der Waals surface area contributed by atoms with Crippen LogP contribution >= 0.6 is 0 Å². The lowest BCUT2D eigenvalue weighted by Crippen LogP contribution is -2.42. The Morgan fingerprint density at radius 3 is 2.75 bits per heavy atom. The van der Waals surface area contributed by atoms with Crippen molar-refractivity contribution in [3.63, 3.8) is 0 Å². The predicted molar refractivity (Wildman–Crippen MR) is 112 cm³/mol. The molecule has 5 aliphatic rings. The van der Waals surface area contributed by atoms with Crippen molar-refractivity contribution in [3.8, 4) is 0 Å². The van der Waals surface area contributed by atoms with E-state index in [1.54, 1.807) is 5.57 Å². The zero-order valence-electron chi connectivity index (χ0n) is 18.6. The van der Waals surface area contributed by atoms with Crippen molar-refractivity contribution in [2.45, 2.75) is 91.7 Å². The second-order valence-corrected chi connectivity index (χ2v) is 12.5. The fraction of sp³-hybridized carbons (Fsp3) is 0.880. The van der Waals surface area contributed by atoms with Crippen LogP contribution in [0.3, 0.4) is 0 Å². The molecule has 0 aromatic rings. The van der Waals surface area contributed by atoms with E-state index in [1.165, 1.54) is 38.5 Å². The van der Waals surface area contributed by atoms with E-state index in [1.807, 2.05) is 0 Å². The Labute approximate surface area is 171 Å². The molecule has 0 N–H and O–H groups in total. The molecule has 5 rings (SSSR count). The monoisotopic (exact) mass is 385 g/mol. The van der Waals surface area contributed by atoms with E-state index in [4.69, 9.17) is 4.74 Å². The van der Waals surface area contributed by atoms with E-state index in [0.29, 0.717) is 28.7 Å². The Kier molecular flexibility index (Phi) is 4.17. The van der Waals surface area contributed by atoms with Gasteiger partial charge in [0, 0.05) is 25.0 Å². The molecule has 156 valence electrons. The molecular formula is C25H39NO2. The first kappa shape index (κ1) is 19.2. The van der Waals surface area contributed by atoms with Crippen LogP contribution in [0.1, 0.15) is 79.6 Å². The lowest BCUT2D eigenvalue weighted by Gasteiger charge is -2.46. The van der Waals surface area contributed by atoms with Crippen molar-refractivity contribution < 1.29 is 9.53 Å². The molecule has 0 radical (unpaired) electrons. The van der Waals surface area contributed by atoms with Gasteiger partial charge in [-0.05, 0) is 60.7 Å². The molecule has 2 heterocycles. The van der Waals surface area contributed by atoms with Crippen molar-refractivity contribution in [2.75, 3.05) is 13.1 Å². The van der Waals surface area contributed by atoms with Gasteiger partial charge in [0.2, 0.25) is 0 Å². The first-order chi connectivity index (χ1) is 13.1. The predicted octanol–water partition coefficient (Wildman–Crippen LogP) is 5.20. The highest BCUT2D eigenvalue weighted by molar-refractivity contribution is 5.76. The van der Waals surface area contributed by atoms with Crippen molar-refractivity contribution in [1.29, 1.82) is 0 Å². The number of esters is 1. The van der Waals surface area contributed by atoms with Gasteiger partial charge in [-0.15, -0.1) is 0 Å². The number of carbonyl (C=O) groups is 1. The molecule has 3 nitrogen and oxygen atoms in total. The summed E-state index contributed by atoms with van der Waals surface area (Å²) in [5, 5.41) is 0. The Hall–Kier alpha value is -0.830. The minimum absolute atomic E-state index is 0.0437. The number of fused-ring (bicyclic) bond motifs is 4. The summed E-state index contributed by atoms with van der Waals surface area (Å²) in [5.41, 5.74) is 2.75. The molecule has 4 fully saturated rings. The van der Waals surface area contributed by atoms with Gasteiger partial charge in [0.25, 0.3) is 0 Å². The number of nitrogens with zero attached hydrogens (tertiary/aromatic N) is 1. The van der Waals surface area contributed by atoms with Crippen LogP contribution in [-0.2, 0) is 9.53 Å². The molecule has 0 spiro atoms. The fourth-order valence-corrected chi connectivity index (χ4v) is 8.30. The molecule has 2 saturated heterocycles. The van der Waals surface area contributed by atoms with E-state index in [0.717, 1.165) is 19.5 Å². The highest BCUT2D eigenvalue weighted by Gasteiger charge is 2.55. The number of hydrogen-bond donors (Lipinski definition) is 0. The minimum atomic E-state index is 0.0437. The first-order valence-electron chi connectivity index (χ1n) is 11.7. The number of rotatable bonds is 2. The summed E-state index contributed by atoms with van der Waals surface area (Å²) in [6, 6.07) is 0.649. The summed E-state index contributed by atoms with van der Waals surface area (Å²) in [7, 11) is 0. The molecule has 2 bridgehead atoms. The summed E-state index contributed by atoms with van der Waals surface area (Å²) >= 11 is 0. The highest BCUT2D eigenvalue weighted by Crippen LogP contribution is 2.56. The topological polar surface area (TPSA) is 29.5 Å². The van der Waals surface area contributed by atoms with E-state index in [-0.39, 0.29) is 23.4 Å². The second-order valence-electron chi connectivity index (χ2n) is 12.5. The number of hydrogen-bond acceptors (Lipinski definition) is 3. The number of ether oxygens (including phenoxy) is 1. The standard InChI is InChI=1S/C25H39NO2/c1-16-7-6-8-25(5)12-21-18(9-20(16)25)19(22(27)28-21)13-26-15-24(4)11-17(26)10-23(2,3)14-24/h9,16-19,21H,6-8,10-15H2,1-5H3/t16-,17-,18-,19+,21-,24-,25-/m1/s1. The smallest absolute Gasteiger partial charge is 0.311 e. The average Bonchev–Trinajstić information content (AvgIpc) is 2.97. The van der Waals surface area contributed by atoms with E-state index in [2.05, 4.69) is 45.6 Å². The van der Waals surface area contributed by atoms with Crippen LogP contribution in [0.5, 0.6) is 0 Å². The molecule has 3 heteroatoms. The first-order valence-corrected chi connectivity index (χ1v) is 11.7. The summed E-state index contributed by atoms with van der Waals surface area (Å²) in [5.74, 6) is 1.09. The molecular weight excluding hydrogens is 346 g/mol. The normalized spacial score (nSPS) is 50.0. The molecule has 0 unspecified atom stereocenters. The van der Waals surface area contributed by atoms with Crippen LogP contribution in [0, 0.1) is 34.0 Å². The number of allylic oxidation sites excluding steroid dienone is 1. The maximum Gasteiger partial charge on any atom is 0.311 e. The van der Waals surface area contributed by atoms with Gasteiger partial charge in [-0.25, -0.2) is 0 Å². The molecule has 7 atom stereocenters. The molecule has 0 aromatic carbocycles. The third kappa shape index (κ3) is 2.99. The Balaban J connectivity index is 1.39. The molecule has 2 saturated carbocycles. The van der Waals surface area contributed by atoms with Crippen LogP contribution in [0.15, 0.2) is 11.6 Å². The minimum Gasteiger partial charge on any atom is -0.461 e. The Morgan fingerprint density at radius 1 is 1.18 bits per heavy atom. The van der Waals surface area contributed by atoms with Gasteiger partial charge >= 0.3 is 5.97 Å². The third-order valence-electron chi connectivity index (χ3n) is 9.04. The summed E-state index contributed by atoms with van der Waals surface area (Å²) in [6.45, 7) is 14.2. The van der Waals surface area contributed by atoms with Crippen LogP contribution in [0.2, 0.25) is 0 Å².